The van der Waals surface area contributed by atoms with Crippen molar-refractivity contribution in [2.24, 2.45) is 5.92 Å². The van der Waals surface area contributed by atoms with Gasteiger partial charge >= 0.3 is 0 Å². The summed E-state index contributed by atoms with van der Waals surface area (Å²) in [5.74, 6) is 0.905. The zero-order valence-corrected chi connectivity index (χ0v) is 17.2. The topological polar surface area (TPSA) is 115 Å². The number of hydrogen-bond acceptors (Lipinski definition) is 7. The normalized spacial score (nSPS) is 26.6. The van der Waals surface area contributed by atoms with Gasteiger partial charge in [0.05, 0.1) is 10.3 Å². The van der Waals surface area contributed by atoms with Gasteiger partial charge < -0.3 is 14.2 Å². The molecule has 10 heteroatoms. The van der Waals surface area contributed by atoms with Crippen LogP contribution in [0.5, 0.6) is 0 Å². The van der Waals surface area contributed by atoms with Crippen molar-refractivity contribution in [3.63, 3.8) is 0 Å². The molecule has 1 aliphatic carbocycles. The maximum atomic E-state index is 12.8. The standard InChI is InChI=1S/C19H24N4O5S/c1-13-20-18(28-21-13)19-9-15(22-29(25,26)16-6-4-3-5-7-16)8-14(19)10-23(12-19)17(24)11-27-2/h3-7,14-15,22H,8-12H2,1-2H3/t14-,15+,19-/m0/s1. The molecule has 0 spiro atoms. The van der Waals surface area contributed by atoms with Crippen LogP contribution in [0.15, 0.2) is 39.8 Å². The van der Waals surface area contributed by atoms with Crippen LogP contribution in [0.3, 0.4) is 0 Å². The lowest BCUT2D eigenvalue weighted by Gasteiger charge is -2.25. The van der Waals surface area contributed by atoms with Crippen LogP contribution in [0.1, 0.15) is 24.6 Å². The number of sulfonamides is 1. The number of fused-ring (bicyclic) bond motifs is 1. The highest BCUT2D eigenvalue weighted by Crippen LogP contribution is 2.50. The zero-order chi connectivity index (χ0) is 20.6. The highest BCUT2D eigenvalue weighted by Gasteiger charge is 2.58. The lowest BCUT2D eigenvalue weighted by atomic mass is 9.80. The Morgan fingerprint density at radius 2 is 2.14 bits per heavy atom. The lowest BCUT2D eigenvalue weighted by Crippen LogP contribution is -2.40. The number of methoxy groups -OCH3 is 1. The van der Waals surface area contributed by atoms with Gasteiger partial charge in [0, 0.05) is 26.2 Å². The van der Waals surface area contributed by atoms with E-state index in [2.05, 4.69) is 14.9 Å². The van der Waals surface area contributed by atoms with Crippen molar-refractivity contribution in [2.75, 3.05) is 26.8 Å². The first kappa shape index (κ1) is 20.0. The molecule has 1 saturated carbocycles. The number of amides is 1. The van der Waals surface area contributed by atoms with E-state index >= 15 is 0 Å². The summed E-state index contributed by atoms with van der Waals surface area (Å²) in [5.41, 5.74) is -0.561. The fourth-order valence-corrected chi connectivity index (χ4v) is 5.85. The lowest BCUT2D eigenvalue weighted by molar-refractivity contribution is -0.134. The van der Waals surface area contributed by atoms with E-state index in [1.807, 2.05) is 0 Å². The van der Waals surface area contributed by atoms with Gasteiger partial charge in [0.2, 0.25) is 21.8 Å². The second-order valence-electron chi connectivity index (χ2n) is 7.78. The van der Waals surface area contributed by atoms with E-state index in [0.29, 0.717) is 37.6 Å². The summed E-state index contributed by atoms with van der Waals surface area (Å²) in [6, 6.07) is 8.02. The monoisotopic (exact) mass is 420 g/mol. The summed E-state index contributed by atoms with van der Waals surface area (Å²) < 4.78 is 38.8. The third-order valence-electron chi connectivity index (χ3n) is 5.82. The molecule has 2 fully saturated rings. The predicted molar refractivity (Wildman–Crippen MR) is 102 cm³/mol. The van der Waals surface area contributed by atoms with Gasteiger partial charge in [-0.3, -0.25) is 4.79 Å². The number of aryl methyl sites for hydroxylation is 1. The highest BCUT2D eigenvalue weighted by molar-refractivity contribution is 7.89. The predicted octanol–water partition coefficient (Wildman–Crippen LogP) is 0.862. The molecule has 0 bridgehead atoms. The number of rotatable bonds is 6. The molecule has 1 saturated heterocycles. The number of ether oxygens (including phenoxy) is 1. The number of nitrogens with one attached hydrogen (secondary N) is 1. The van der Waals surface area contributed by atoms with Gasteiger partial charge in [0.15, 0.2) is 5.82 Å². The molecular weight excluding hydrogens is 396 g/mol. The Balaban J connectivity index is 1.58. The molecule has 2 aliphatic rings. The van der Waals surface area contributed by atoms with E-state index in [1.165, 1.54) is 7.11 Å². The first-order valence-electron chi connectivity index (χ1n) is 9.49. The van der Waals surface area contributed by atoms with E-state index in [4.69, 9.17) is 9.26 Å². The van der Waals surface area contributed by atoms with Crippen LogP contribution in [0, 0.1) is 12.8 Å². The largest absolute Gasteiger partial charge is 0.375 e. The van der Waals surface area contributed by atoms with Gasteiger partial charge in [-0.1, -0.05) is 23.4 Å². The molecule has 29 heavy (non-hydrogen) atoms. The van der Waals surface area contributed by atoms with Crippen molar-refractivity contribution in [3.8, 4) is 0 Å². The van der Waals surface area contributed by atoms with E-state index in [1.54, 1.807) is 42.2 Å². The average Bonchev–Trinajstić information content (AvgIpc) is 3.35. The van der Waals surface area contributed by atoms with Crippen molar-refractivity contribution in [1.82, 2.24) is 19.8 Å². The van der Waals surface area contributed by atoms with Crippen LogP contribution < -0.4 is 4.72 Å². The first-order chi connectivity index (χ1) is 13.8. The summed E-state index contributed by atoms with van der Waals surface area (Å²) >= 11 is 0. The molecule has 3 atom stereocenters. The Morgan fingerprint density at radius 1 is 1.38 bits per heavy atom. The molecule has 1 aliphatic heterocycles. The van der Waals surface area contributed by atoms with E-state index in [9.17, 15) is 13.2 Å². The number of nitrogens with zero attached hydrogens (tertiary/aromatic N) is 3. The van der Waals surface area contributed by atoms with Crippen molar-refractivity contribution in [3.05, 3.63) is 42.0 Å². The van der Waals surface area contributed by atoms with Gasteiger partial charge in [-0.15, -0.1) is 0 Å². The zero-order valence-electron chi connectivity index (χ0n) is 16.4. The number of hydrogen-bond donors (Lipinski definition) is 1. The van der Waals surface area contributed by atoms with Crippen molar-refractivity contribution in [1.29, 1.82) is 0 Å². The molecule has 1 N–H and O–H groups in total. The molecular formula is C19H24N4O5S. The van der Waals surface area contributed by atoms with Crippen molar-refractivity contribution in [2.45, 2.75) is 36.1 Å². The molecule has 0 unspecified atom stereocenters. The maximum Gasteiger partial charge on any atom is 0.248 e. The van der Waals surface area contributed by atoms with Crippen LogP contribution in [0.2, 0.25) is 0 Å². The number of carbonyl (C=O) groups is 1. The Bertz CT molecular complexity index is 993. The summed E-state index contributed by atoms with van der Waals surface area (Å²) in [6.45, 7) is 2.67. The molecule has 2 heterocycles. The Morgan fingerprint density at radius 3 is 2.79 bits per heavy atom. The molecule has 156 valence electrons. The third-order valence-corrected chi connectivity index (χ3v) is 7.36. The van der Waals surface area contributed by atoms with Gasteiger partial charge in [0.25, 0.3) is 0 Å². The van der Waals surface area contributed by atoms with E-state index in [0.717, 1.165) is 0 Å². The smallest absolute Gasteiger partial charge is 0.248 e. The summed E-state index contributed by atoms with van der Waals surface area (Å²) in [6.07, 6.45) is 1.08. The Hall–Kier alpha value is -2.30. The minimum Gasteiger partial charge on any atom is -0.375 e. The summed E-state index contributed by atoms with van der Waals surface area (Å²) in [4.78, 5) is 18.8. The number of carbonyl (C=O) groups excluding carboxylic acids is 1. The number of aromatic nitrogens is 2. The molecule has 1 aromatic heterocycles. The minimum atomic E-state index is -3.63. The molecule has 1 amide bonds. The van der Waals surface area contributed by atoms with E-state index < -0.39 is 15.4 Å². The summed E-state index contributed by atoms with van der Waals surface area (Å²) in [7, 11) is -2.15. The maximum absolute atomic E-state index is 12.8. The quantitative estimate of drug-likeness (QED) is 0.737. The van der Waals surface area contributed by atoms with Gasteiger partial charge in [-0.05, 0) is 37.8 Å². The second kappa shape index (κ2) is 7.51. The Labute approximate surface area is 169 Å². The molecule has 2 aromatic rings. The second-order valence-corrected chi connectivity index (χ2v) is 9.49. The van der Waals surface area contributed by atoms with Crippen LogP contribution in [-0.4, -0.2) is 62.2 Å². The molecule has 9 nitrogen and oxygen atoms in total. The summed E-state index contributed by atoms with van der Waals surface area (Å²) in [5, 5.41) is 3.92. The highest BCUT2D eigenvalue weighted by atomic mass is 32.2. The van der Waals surface area contributed by atoms with Crippen LogP contribution in [0.25, 0.3) is 0 Å². The van der Waals surface area contributed by atoms with Gasteiger partial charge in [0.1, 0.15) is 6.61 Å². The van der Waals surface area contributed by atoms with Crippen molar-refractivity contribution >= 4 is 15.9 Å². The third kappa shape index (κ3) is 3.67. The number of benzene rings is 1. The van der Waals surface area contributed by atoms with E-state index in [-0.39, 0.29) is 29.4 Å². The minimum absolute atomic E-state index is 0.00965. The Kier molecular flexibility index (Phi) is 5.18. The SMILES string of the molecule is COCC(=O)N1C[C@@H]2C[C@@H](NS(=O)(=O)c3ccccc3)C[C@]2(c2nc(C)no2)C1. The first-order valence-corrected chi connectivity index (χ1v) is 11.0. The molecule has 1 aromatic carbocycles. The average molecular weight is 420 g/mol. The fraction of sp³-hybridized carbons (Fsp3) is 0.526. The molecule has 0 radical (unpaired) electrons. The molecule has 4 rings (SSSR count). The van der Waals surface area contributed by atoms with Crippen molar-refractivity contribution < 1.29 is 22.5 Å². The number of likely N-dealkylation sites (tertiary alicyclic amines) is 1. The van der Waals surface area contributed by atoms with Crippen LogP contribution in [-0.2, 0) is 25.0 Å². The van der Waals surface area contributed by atoms with Gasteiger partial charge in [-0.2, -0.15) is 4.98 Å². The van der Waals surface area contributed by atoms with Crippen LogP contribution >= 0.6 is 0 Å². The fourth-order valence-electron chi connectivity index (χ4n) is 4.58. The van der Waals surface area contributed by atoms with Gasteiger partial charge in [-0.25, -0.2) is 13.1 Å². The van der Waals surface area contributed by atoms with Crippen LogP contribution in [0.4, 0.5) is 0 Å².